The average Bonchev–Trinajstić information content (AvgIpc) is 2.53. The summed E-state index contributed by atoms with van der Waals surface area (Å²) in [6, 6.07) is 4.47. The van der Waals surface area contributed by atoms with Crippen molar-refractivity contribution >= 4 is 11.6 Å². The molecule has 1 amide bonds. The molecular formula is C16H26N4O. The van der Waals surface area contributed by atoms with E-state index < -0.39 is 0 Å². The molecule has 5 nitrogen and oxygen atoms in total. The molecule has 0 aromatic carbocycles. The monoisotopic (exact) mass is 290 g/mol. The average molecular weight is 290 g/mol. The first-order valence-electron chi connectivity index (χ1n) is 7.63. The van der Waals surface area contributed by atoms with Gasteiger partial charge in [-0.25, -0.2) is 0 Å². The van der Waals surface area contributed by atoms with Crippen molar-refractivity contribution in [1.82, 2.24) is 15.2 Å². The van der Waals surface area contributed by atoms with E-state index in [2.05, 4.69) is 22.1 Å². The van der Waals surface area contributed by atoms with Crippen molar-refractivity contribution < 1.29 is 4.79 Å². The van der Waals surface area contributed by atoms with Gasteiger partial charge in [-0.3, -0.25) is 9.78 Å². The quantitative estimate of drug-likeness (QED) is 0.915. The van der Waals surface area contributed by atoms with Gasteiger partial charge in [0.1, 0.15) is 5.69 Å². The van der Waals surface area contributed by atoms with Gasteiger partial charge < -0.3 is 15.1 Å². The van der Waals surface area contributed by atoms with Crippen LogP contribution in [0.25, 0.3) is 0 Å². The van der Waals surface area contributed by atoms with Crippen LogP contribution in [0.3, 0.4) is 0 Å². The van der Waals surface area contributed by atoms with Crippen molar-refractivity contribution in [3.05, 3.63) is 24.0 Å². The Morgan fingerprint density at radius 1 is 1.43 bits per heavy atom. The topological polar surface area (TPSA) is 48.5 Å². The summed E-state index contributed by atoms with van der Waals surface area (Å²) in [6.07, 6.45) is 4.09. The molecule has 1 unspecified atom stereocenters. The van der Waals surface area contributed by atoms with Crippen molar-refractivity contribution in [2.75, 3.05) is 39.1 Å². The summed E-state index contributed by atoms with van der Waals surface area (Å²) in [4.78, 5) is 20.1. The Morgan fingerprint density at radius 2 is 2.10 bits per heavy atom. The normalized spacial score (nSPS) is 17.6. The maximum Gasteiger partial charge on any atom is 0.272 e. The number of carbonyl (C=O) groups is 1. The molecule has 2 rings (SSSR count). The summed E-state index contributed by atoms with van der Waals surface area (Å²) < 4.78 is 0. The van der Waals surface area contributed by atoms with Gasteiger partial charge in [-0.1, -0.05) is 0 Å². The van der Waals surface area contributed by atoms with E-state index in [0.29, 0.717) is 11.7 Å². The maximum atomic E-state index is 12.0. The molecule has 1 fully saturated rings. The number of hydrogen-bond acceptors (Lipinski definition) is 4. The van der Waals surface area contributed by atoms with Gasteiger partial charge in [-0.15, -0.1) is 0 Å². The molecule has 0 bridgehead atoms. The second kappa shape index (κ2) is 6.89. The lowest BCUT2D eigenvalue weighted by Gasteiger charge is -2.36. The Bertz CT molecular complexity index is 481. The Balaban J connectivity index is 2.04. The van der Waals surface area contributed by atoms with Gasteiger partial charge >= 0.3 is 0 Å². The first-order chi connectivity index (χ1) is 10.0. The molecule has 0 aliphatic carbocycles. The first kappa shape index (κ1) is 15.8. The predicted molar refractivity (Wildman–Crippen MR) is 85.7 cm³/mol. The first-order valence-corrected chi connectivity index (χ1v) is 7.63. The van der Waals surface area contributed by atoms with Crippen LogP contribution in [0.1, 0.15) is 30.3 Å². The number of anilines is 1. The molecule has 0 radical (unpaired) electrons. The fourth-order valence-electron chi connectivity index (χ4n) is 2.86. The van der Waals surface area contributed by atoms with Crippen molar-refractivity contribution in [1.29, 1.82) is 0 Å². The highest BCUT2D eigenvalue weighted by Crippen LogP contribution is 2.25. The molecule has 1 saturated heterocycles. The van der Waals surface area contributed by atoms with Crippen LogP contribution in [0.4, 0.5) is 5.69 Å². The summed E-state index contributed by atoms with van der Waals surface area (Å²) in [6.45, 7) is 4.33. The second-order valence-electron chi connectivity index (χ2n) is 6.00. The highest BCUT2D eigenvalue weighted by molar-refractivity contribution is 5.92. The van der Waals surface area contributed by atoms with Crippen LogP contribution in [-0.2, 0) is 0 Å². The highest BCUT2D eigenvalue weighted by Gasteiger charge is 2.23. The standard InChI is InChI=1S/C16H26N4O/c1-12(17-2)13-6-9-20(10-7-13)14-5-8-18-15(11-14)16(21)19(3)4/h5,8,11-13,17H,6-7,9-10H2,1-4H3. The number of rotatable bonds is 4. The molecule has 116 valence electrons. The van der Waals surface area contributed by atoms with Crippen LogP contribution in [0.5, 0.6) is 0 Å². The number of carbonyl (C=O) groups excluding carboxylic acids is 1. The lowest BCUT2D eigenvalue weighted by Crippen LogP contribution is -2.41. The number of nitrogens with zero attached hydrogens (tertiary/aromatic N) is 3. The molecule has 1 aromatic rings. The fraction of sp³-hybridized carbons (Fsp3) is 0.625. The summed E-state index contributed by atoms with van der Waals surface area (Å²) in [5, 5.41) is 3.35. The van der Waals surface area contributed by atoms with E-state index in [-0.39, 0.29) is 5.91 Å². The summed E-state index contributed by atoms with van der Waals surface area (Å²) >= 11 is 0. The predicted octanol–water partition coefficient (Wildman–Crippen LogP) is 1.61. The molecule has 0 saturated carbocycles. The van der Waals surface area contributed by atoms with Gasteiger partial charge in [0.2, 0.25) is 0 Å². The van der Waals surface area contributed by atoms with Crippen LogP contribution >= 0.6 is 0 Å². The highest BCUT2D eigenvalue weighted by atomic mass is 16.2. The van der Waals surface area contributed by atoms with E-state index in [1.807, 2.05) is 19.2 Å². The lowest BCUT2D eigenvalue weighted by molar-refractivity contribution is 0.0822. The molecule has 21 heavy (non-hydrogen) atoms. The third-order valence-corrected chi connectivity index (χ3v) is 4.44. The minimum Gasteiger partial charge on any atom is -0.371 e. The molecule has 1 atom stereocenters. The molecular weight excluding hydrogens is 264 g/mol. The van der Waals surface area contributed by atoms with E-state index in [0.717, 1.165) is 24.7 Å². The molecule has 2 heterocycles. The smallest absolute Gasteiger partial charge is 0.272 e. The number of nitrogens with one attached hydrogen (secondary N) is 1. The zero-order valence-electron chi connectivity index (χ0n) is 13.5. The zero-order valence-corrected chi connectivity index (χ0v) is 13.5. The van der Waals surface area contributed by atoms with Gasteiger partial charge in [-0.2, -0.15) is 0 Å². The third kappa shape index (κ3) is 3.73. The van der Waals surface area contributed by atoms with E-state index in [1.54, 1.807) is 25.2 Å². The summed E-state index contributed by atoms with van der Waals surface area (Å²) in [7, 11) is 5.53. The van der Waals surface area contributed by atoms with Gasteiger partial charge in [0.05, 0.1) is 0 Å². The molecule has 1 aliphatic rings. The Morgan fingerprint density at radius 3 is 2.67 bits per heavy atom. The van der Waals surface area contributed by atoms with Gasteiger partial charge in [-0.05, 0) is 44.9 Å². The van der Waals surface area contributed by atoms with Crippen LogP contribution in [0.15, 0.2) is 18.3 Å². The van der Waals surface area contributed by atoms with Crippen LogP contribution in [-0.4, -0.2) is 56.1 Å². The van der Waals surface area contributed by atoms with E-state index in [4.69, 9.17) is 0 Å². The number of aromatic nitrogens is 1. The SMILES string of the molecule is CNC(C)C1CCN(c2ccnc(C(=O)N(C)C)c2)CC1. The van der Waals surface area contributed by atoms with E-state index in [1.165, 1.54) is 12.8 Å². The minimum atomic E-state index is -0.0458. The van der Waals surface area contributed by atoms with Crippen molar-refractivity contribution in [3.8, 4) is 0 Å². The maximum absolute atomic E-state index is 12.0. The van der Waals surface area contributed by atoms with Crippen LogP contribution < -0.4 is 10.2 Å². The zero-order chi connectivity index (χ0) is 15.4. The number of piperidine rings is 1. The number of hydrogen-bond donors (Lipinski definition) is 1. The Kier molecular flexibility index (Phi) is 5.17. The molecule has 5 heteroatoms. The van der Waals surface area contributed by atoms with Crippen LogP contribution in [0, 0.1) is 5.92 Å². The van der Waals surface area contributed by atoms with Crippen molar-refractivity contribution in [2.45, 2.75) is 25.8 Å². The molecule has 1 aliphatic heterocycles. The van der Waals surface area contributed by atoms with Crippen LogP contribution in [0.2, 0.25) is 0 Å². The lowest BCUT2D eigenvalue weighted by atomic mass is 9.90. The van der Waals surface area contributed by atoms with Crippen molar-refractivity contribution in [3.63, 3.8) is 0 Å². The number of amides is 1. The number of pyridine rings is 1. The van der Waals surface area contributed by atoms with Gasteiger partial charge in [0.15, 0.2) is 0 Å². The van der Waals surface area contributed by atoms with E-state index in [9.17, 15) is 4.79 Å². The summed E-state index contributed by atoms with van der Waals surface area (Å²) in [5.74, 6) is 0.687. The minimum absolute atomic E-state index is 0.0458. The fourth-order valence-corrected chi connectivity index (χ4v) is 2.86. The molecule has 1 aromatic heterocycles. The van der Waals surface area contributed by atoms with Crippen molar-refractivity contribution in [2.24, 2.45) is 5.92 Å². The van der Waals surface area contributed by atoms with Gasteiger partial charge in [0, 0.05) is 45.1 Å². The van der Waals surface area contributed by atoms with Gasteiger partial charge in [0.25, 0.3) is 5.91 Å². The molecule has 1 N–H and O–H groups in total. The molecule has 0 spiro atoms. The summed E-state index contributed by atoms with van der Waals surface area (Å²) in [5.41, 5.74) is 1.62. The van der Waals surface area contributed by atoms with E-state index >= 15 is 0 Å². The second-order valence-corrected chi connectivity index (χ2v) is 6.00. The largest absolute Gasteiger partial charge is 0.371 e. The third-order valence-electron chi connectivity index (χ3n) is 4.44. The Hall–Kier alpha value is -1.62. The Labute approximate surface area is 127 Å².